The van der Waals surface area contributed by atoms with Crippen molar-refractivity contribution >= 4 is 5.82 Å². The zero-order valence-electron chi connectivity index (χ0n) is 12.2. The van der Waals surface area contributed by atoms with Crippen LogP contribution < -0.4 is 5.32 Å². The van der Waals surface area contributed by atoms with Crippen LogP contribution in [0.3, 0.4) is 0 Å². The predicted molar refractivity (Wildman–Crippen MR) is 77.1 cm³/mol. The van der Waals surface area contributed by atoms with Gasteiger partial charge in [-0.25, -0.2) is 4.98 Å². The average Bonchev–Trinajstić information content (AvgIpc) is 3.12. The molecule has 1 heterocycles. The molecule has 2 rings (SSSR count). The van der Waals surface area contributed by atoms with Crippen molar-refractivity contribution in [2.75, 3.05) is 26.0 Å². The molecule has 1 fully saturated rings. The number of nitriles is 1. The number of aromatic nitrogens is 1. The molecular weight excluding hydrogens is 236 g/mol. The smallest absolute Gasteiger partial charge is 0.144 e. The summed E-state index contributed by atoms with van der Waals surface area (Å²) in [4.78, 5) is 6.73. The van der Waals surface area contributed by atoms with E-state index in [-0.39, 0.29) is 0 Å². The molecule has 0 radical (unpaired) electrons. The number of nitrogens with one attached hydrogen (secondary N) is 1. The normalized spacial score (nSPS) is 16.2. The monoisotopic (exact) mass is 258 g/mol. The molecule has 0 saturated heterocycles. The molecule has 4 nitrogen and oxygen atoms in total. The van der Waals surface area contributed by atoms with E-state index < -0.39 is 0 Å². The third-order valence-electron chi connectivity index (χ3n) is 3.76. The molecule has 19 heavy (non-hydrogen) atoms. The molecule has 0 aliphatic heterocycles. The van der Waals surface area contributed by atoms with Crippen molar-refractivity contribution in [3.63, 3.8) is 0 Å². The van der Waals surface area contributed by atoms with E-state index in [9.17, 15) is 5.26 Å². The van der Waals surface area contributed by atoms with Crippen molar-refractivity contribution in [2.45, 2.75) is 32.7 Å². The summed E-state index contributed by atoms with van der Waals surface area (Å²) >= 11 is 0. The number of likely N-dealkylation sites (N-methyl/N-ethyl adjacent to an activating group) is 1. The van der Waals surface area contributed by atoms with Crippen molar-refractivity contribution in [1.82, 2.24) is 9.88 Å². The molecule has 1 atom stereocenters. The summed E-state index contributed by atoms with van der Waals surface area (Å²) in [6.07, 6.45) is 2.63. The standard InChI is InChI=1S/C15H22N4/c1-10-7-11(2)18-15(13(10)8-16)17-9-14(19(3)4)12-5-6-12/h7,12,14H,5-6,9H2,1-4H3,(H,17,18). The zero-order valence-corrected chi connectivity index (χ0v) is 12.2. The van der Waals surface area contributed by atoms with Crippen molar-refractivity contribution in [1.29, 1.82) is 5.26 Å². The van der Waals surface area contributed by atoms with E-state index in [1.807, 2.05) is 19.9 Å². The average molecular weight is 258 g/mol. The van der Waals surface area contributed by atoms with Gasteiger partial charge in [-0.05, 0) is 58.3 Å². The van der Waals surface area contributed by atoms with Crippen LogP contribution in [0.2, 0.25) is 0 Å². The third-order valence-corrected chi connectivity index (χ3v) is 3.76. The molecule has 1 unspecified atom stereocenters. The van der Waals surface area contributed by atoms with E-state index in [1.165, 1.54) is 12.8 Å². The highest BCUT2D eigenvalue weighted by atomic mass is 15.1. The van der Waals surface area contributed by atoms with Crippen LogP contribution in [0, 0.1) is 31.1 Å². The Labute approximate surface area is 115 Å². The van der Waals surface area contributed by atoms with Crippen LogP contribution in [-0.2, 0) is 0 Å². The second kappa shape index (κ2) is 5.58. The highest BCUT2D eigenvalue weighted by Gasteiger charge is 2.32. The van der Waals surface area contributed by atoms with Crippen LogP contribution in [0.4, 0.5) is 5.82 Å². The maximum absolute atomic E-state index is 9.25. The number of hydrogen-bond acceptors (Lipinski definition) is 4. The fourth-order valence-corrected chi connectivity index (χ4v) is 2.56. The number of nitrogens with zero attached hydrogens (tertiary/aromatic N) is 3. The van der Waals surface area contributed by atoms with Crippen LogP contribution in [-0.4, -0.2) is 36.6 Å². The Kier molecular flexibility index (Phi) is 4.06. The fraction of sp³-hybridized carbons (Fsp3) is 0.600. The molecule has 102 valence electrons. The SMILES string of the molecule is Cc1cc(C)c(C#N)c(NCC(C2CC2)N(C)C)n1. The Balaban J connectivity index is 2.12. The predicted octanol–water partition coefficient (Wildman–Crippen LogP) is 2.32. The Bertz CT molecular complexity index is 496. The minimum absolute atomic E-state index is 0.522. The second-order valence-corrected chi connectivity index (χ2v) is 5.67. The van der Waals surface area contributed by atoms with Gasteiger partial charge in [0.25, 0.3) is 0 Å². The van der Waals surface area contributed by atoms with E-state index in [1.54, 1.807) is 0 Å². The van der Waals surface area contributed by atoms with E-state index in [4.69, 9.17) is 0 Å². The topological polar surface area (TPSA) is 52.0 Å². The summed E-state index contributed by atoms with van der Waals surface area (Å²) in [5.41, 5.74) is 2.61. The lowest BCUT2D eigenvalue weighted by atomic mass is 10.1. The van der Waals surface area contributed by atoms with E-state index in [0.29, 0.717) is 11.6 Å². The van der Waals surface area contributed by atoms with E-state index in [2.05, 4.69) is 35.4 Å². The first-order valence-electron chi connectivity index (χ1n) is 6.81. The molecule has 0 spiro atoms. The number of rotatable bonds is 5. The van der Waals surface area contributed by atoms with Gasteiger partial charge in [0.15, 0.2) is 0 Å². The zero-order chi connectivity index (χ0) is 14.0. The lowest BCUT2D eigenvalue weighted by molar-refractivity contribution is 0.276. The van der Waals surface area contributed by atoms with Crippen molar-refractivity contribution < 1.29 is 0 Å². The first-order chi connectivity index (χ1) is 9.02. The molecule has 0 amide bonds. The summed E-state index contributed by atoms with van der Waals surface area (Å²) in [5, 5.41) is 12.6. The number of pyridine rings is 1. The van der Waals surface area contributed by atoms with Crippen LogP contribution in [0.1, 0.15) is 29.7 Å². The van der Waals surface area contributed by atoms with Crippen LogP contribution in [0.15, 0.2) is 6.07 Å². The molecule has 0 bridgehead atoms. The number of hydrogen-bond donors (Lipinski definition) is 1. The minimum Gasteiger partial charge on any atom is -0.367 e. The minimum atomic E-state index is 0.522. The Morgan fingerprint density at radius 2 is 2.16 bits per heavy atom. The Morgan fingerprint density at radius 1 is 1.47 bits per heavy atom. The summed E-state index contributed by atoms with van der Waals surface area (Å²) in [7, 11) is 4.23. The highest BCUT2D eigenvalue weighted by molar-refractivity contribution is 5.56. The van der Waals surface area contributed by atoms with Crippen LogP contribution in [0.5, 0.6) is 0 Å². The van der Waals surface area contributed by atoms with Crippen LogP contribution >= 0.6 is 0 Å². The van der Waals surface area contributed by atoms with Gasteiger partial charge in [-0.3, -0.25) is 0 Å². The maximum atomic E-state index is 9.25. The van der Waals surface area contributed by atoms with Gasteiger partial charge in [0, 0.05) is 18.3 Å². The first kappa shape index (κ1) is 13.8. The summed E-state index contributed by atoms with van der Waals surface area (Å²) in [6, 6.07) is 4.73. The summed E-state index contributed by atoms with van der Waals surface area (Å²) in [5.74, 6) is 1.52. The van der Waals surface area contributed by atoms with E-state index in [0.717, 1.165) is 29.5 Å². The fourth-order valence-electron chi connectivity index (χ4n) is 2.56. The van der Waals surface area contributed by atoms with Crippen molar-refractivity contribution in [3.05, 3.63) is 22.9 Å². The van der Waals surface area contributed by atoms with Gasteiger partial charge in [-0.15, -0.1) is 0 Å². The van der Waals surface area contributed by atoms with Gasteiger partial charge in [0.2, 0.25) is 0 Å². The Morgan fingerprint density at radius 3 is 2.68 bits per heavy atom. The Hall–Kier alpha value is -1.60. The molecule has 4 heteroatoms. The first-order valence-corrected chi connectivity index (χ1v) is 6.81. The molecule has 1 aromatic rings. The largest absolute Gasteiger partial charge is 0.367 e. The molecular formula is C15H22N4. The number of aryl methyl sites for hydroxylation is 2. The summed E-state index contributed by atoms with van der Waals surface area (Å²) in [6.45, 7) is 4.77. The third kappa shape index (κ3) is 3.24. The lowest BCUT2D eigenvalue weighted by Gasteiger charge is -2.25. The van der Waals surface area contributed by atoms with Crippen molar-refractivity contribution in [3.8, 4) is 6.07 Å². The highest BCUT2D eigenvalue weighted by Crippen LogP contribution is 2.34. The molecule has 1 aliphatic carbocycles. The van der Waals surface area contributed by atoms with Crippen molar-refractivity contribution in [2.24, 2.45) is 5.92 Å². The molecule has 1 saturated carbocycles. The molecule has 1 aliphatic rings. The number of anilines is 1. The molecule has 1 aromatic heterocycles. The van der Waals surface area contributed by atoms with Gasteiger partial charge in [0.05, 0.1) is 5.56 Å². The van der Waals surface area contributed by atoms with Gasteiger partial charge in [0.1, 0.15) is 11.9 Å². The summed E-state index contributed by atoms with van der Waals surface area (Å²) < 4.78 is 0. The quantitative estimate of drug-likeness (QED) is 0.880. The van der Waals surface area contributed by atoms with Gasteiger partial charge >= 0.3 is 0 Å². The maximum Gasteiger partial charge on any atom is 0.144 e. The van der Waals surface area contributed by atoms with Gasteiger partial charge < -0.3 is 10.2 Å². The second-order valence-electron chi connectivity index (χ2n) is 5.67. The van der Waals surface area contributed by atoms with E-state index >= 15 is 0 Å². The lowest BCUT2D eigenvalue weighted by Crippen LogP contribution is -2.36. The molecule has 1 N–H and O–H groups in total. The molecule has 0 aromatic carbocycles. The van der Waals surface area contributed by atoms with Gasteiger partial charge in [-0.1, -0.05) is 0 Å². The van der Waals surface area contributed by atoms with Crippen LogP contribution in [0.25, 0.3) is 0 Å². The van der Waals surface area contributed by atoms with Gasteiger partial charge in [-0.2, -0.15) is 5.26 Å².